The number of ether oxygens (including phenoxy) is 1. The summed E-state index contributed by atoms with van der Waals surface area (Å²) in [5.74, 6) is 0.0381. The number of aliphatic hydroxyl groups excluding tert-OH is 2. The highest BCUT2D eigenvalue weighted by atomic mass is 16.6. The largest absolute Gasteiger partial charge is 0.394 e. The number of aromatic nitrogens is 4. The average Bonchev–Trinajstić information content (AvgIpc) is 3.92. The third-order valence-corrected chi connectivity index (χ3v) is 16.3. The van der Waals surface area contributed by atoms with Gasteiger partial charge in [-0.1, -0.05) is 243 Å². The molecule has 420 valence electrons. The molecule has 1 saturated heterocycles. The molecule has 1 aliphatic heterocycles. The number of allylic oxidation sites excluding steroid dienone is 6. The molecule has 5 N–H and O–H groups in total. The van der Waals surface area contributed by atoms with Gasteiger partial charge in [0.15, 0.2) is 16.9 Å². The number of aromatic amines is 1. The molecule has 1 fully saturated rings. The summed E-state index contributed by atoms with van der Waals surface area (Å²) in [7, 11) is 0. The normalized spacial score (nSPS) is 19.4. The lowest BCUT2D eigenvalue weighted by atomic mass is 9.65. The highest BCUT2D eigenvalue weighted by Gasteiger charge is 2.65. The number of anilines is 1. The van der Waals surface area contributed by atoms with Gasteiger partial charge in [-0.2, -0.15) is 4.98 Å². The van der Waals surface area contributed by atoms with E-state index in [-0.39, 0.29) is 23.6 Å². The minimum Gasteiger partial charge on any atom is -0.394 e. The van der Waals surface area contributed by atoms with E-state index in [2.05, 4.69) is 67.2 Å². The quantitative estimate of drug-likeness (QED) is 0.0382. The van der Waals surface area contributed by atoms with Crippen LogP contribution < -0.4 is 11.3 Å². The molecule has 0 spiro atoms. The fourth-order valence-electron chi connectivity index (χ4n) is 11.9. The van der Waals surface area contributed by atoms with Crippen molar-refractivity contribution >= 4 is 17.1 Å². The second kappa shape index (κ2) is 42.4. The van der Waals surface area contributed by atoms with Crippen LogP contribution in [0.2, 0.25) is 0 Å². The van der Waals surface area contributed by atoms with Crippen molar-refractivity contribution < 1.29 is 14.9 Å². The van der Waals surface area contributed by atoms with Crippen LogP contribution in [0, 0.1) is 5.41 Å². The third kappa shape index (κ3) is 25.3. The van der Waals surface area contributed by atoms with Crippen molar-refractivity contribution in [3.05, 3.63) is 53.1 Å². The fourth-order valence-corrected chi connectivity index (χ4v) is 11.9. The van der Waals surface area contributed by atoms with Crippen LogP contribution in [0.1, 0.15) is 310 Å². The minimum absolute atomic E-state index is 0.0381. The number of nitrogens with two attached hydrogens (primary N) is 1. The van der Waals surface area contributed by atoms with Crippen LogP contribution in [0.15, 0.2) is 47.6 Å². The van der Waals surface area contributed by atoms with E-state index in [1.165, 1.54) is 205 Å². The van der Waals surface area contributed by atoms with Crippen LogP contribution in [-0.4, -0.2) is 48.5 Å². The maximum Gasteiger partial charge on any atom is 0.280 e. The van der Waals surface area contributed by atoms with Gasteiger partial charge in [0.1, 0.15) is 6.10 Å². The first-order chi connectivity index (χ1) is 35.9. The van der Waals surface area contributed by atoms with E-state index in [4.69, 9.17) is 15.5 Å². The Balaban J connectivity index is 1.67. The van der Waals surface area contributed by atoms with Crippen LogP contribution >= 0.6 is 0 Å². The maximum atomic E-state index is 13.3. The maximum absolute atomic E-state index is 13.3. The van der Waals surface area contributed by atoms with Gasteiger partial charge >= 0.3 is 0 Å². The Hall–Kier alpha value is -2.75. The summed E-state index contributed by atoms with van der Waals surface area (Å²) in [6.07, 6.45) is 68.6. The Morgan fingerprint density at radius 3 is 1.22 bits per heavy atom. The molecule has 0 unspecified atom stereocenters. The summed E-state index contributed by atoms with van der Waals surface area (Å²) in [4.78, 5) is 25.3. The van der Waals surface area contributed by atoms with Crippen molar-refractivity contribution in [2.45, 2.75) is 328 Å². The number of H-pyrrole nitrogens is 1. The standard InChI is InChI=1S/C64H115N5O4/c1-4-7-10-13-16-19-22-25-28-31-34-37-40-43-46-49-52-63(53-50-47-44-41-38-35-32-29-26-23-20-17-14-11-8-5-2)59(71)57(55-70)73-64(63,69-56-66-58-60(69)67-62(65)68-61(58)72)54-51-48-45-42-39-36-33-30-27-24-21-18-15-12-9-6-3/h25-30,56-57,59,70-71H,4-24,31-55H2,1-3H3,(H3,65,67,68,72)/t57-,59-,63?,64-/m1/s1. The van der Waals surface area contributed by atoms with E-state index in [1.807, 2.05) is 4.57 Å². The molecule has 1 aliphatic rings. The monoisotopic (exact) mass is 1020 g/mol. The summed E-state index contributed by atoms with van der Waals surface area (Å²) in [6.45, 7) is 6.56. The van der Waals surface area contributed by atoms with Crippen molar-refractivity contribution in [2.75, 3.05) is 12.3 Å². The van der Waals surface area contributed by atoms with Crippen LogP contribution in [0.25, 0.3) is 11.2 Å². The lowest BCUT2D eigenvalue weighted by molar-refractivity contribution is -0.168. The second-order valence-corrected chi connectivity index (χ2v) is 22.5. The summed E-state index contributed by atoms with van der Waals surface area (Å²) >= 11 is 0. The first-order valence-corrected chi connectivity index (χ1v) is 31.6. The lowest BCUT2D eigenvalue weighted by Gasteiger charge is -2.47. The lowest BCUT2D eigenvalue weighted by Crippen LogP contribution is -2.52. The topological polar surface area (TPSA) is 139 Å². The molecule has 2 aromatic rings. The van der Waals surface area contributed by atoms with Crippen molar-refractivity contribution in [3.63, 3.8) is 0 Å². The van der Waals surface area contributed by atoms with Crippen molar-refractivity contribution in [2.24, 2.45) is 5.41 Å². The van der Waals surface area contributed by atoms with Gasteiger partial charge in [0.25, 0.3) is 5.56 Å². The first kappa shape index (κ1) is 64.5. The molecule has 0 bridgehead atoms. The molecular formula is C64H115N5O4. The summed E-state index contributed by atoms with van der Waals surface area (Å²) < 4.78 is 9.11. The van der Waals surface area contributed by atoms with Crippen LogP contribution in [-0.2, 0) is 10.5 Å². The second-order valence-electron chi connectivity index (χ2n) is 22.5. The average molecular weight is 1020 g/mol. The van der Waals surface area contributed by atoms with Gasteiger partial charge < -0.3 is 20.7 Å². The molecule has 9 heteroatoms. The Kier molecular flexibility index (Phi) is 37.5. The molecule has 0 aliphatic carbocycles. The molecule has 9 nitrogen and oxygen atoms in total. The van der Waals surface area contributed by atoms with Crippen LogP contribution in [0.5, 0.6) is 0 Å². The van der Waals surface area contributed by atoms with Crippen LogP contribution in [0.3, 0.4) is 0 Å². The highest BCUT2D eigenvalue weighted by Crippen LogP contribution is 2.59. The molecule has 3 rings (SSSR count). The van der Waals surface area contributed by atoms with E-state index in [0.717, 1.165) is 77.0 Å². The van der Waals surface area contributed by atoms with Gasteiger partial charge in [-0.3, -0.25) is 14.3 Å². The van der Waals surface area contributed by atoms with Crippen molar-refractivity contribution in [3.8, 4) is 0 Å². The Morgan fingerprint density at radius 2 is 0.863 bits per heavy atom. The van der Waals surface area contributed by atoms with Crippen molar-refractivity contribution in [1.82, 2.24) is 19.5 Å². The molecule has 73 heavy (non-hydrogen) atoms. The number of nitrogen functional groups attached to an aromatic ring is 1. The van der Waals surface area contributed by atoms with Crippen molar-refractivity contribution in [1.29, 1.82) is 0 Å². The molecule has 2 aromatic heterocycles. The van der Waals surface area contributed by atoms with Gasteiger partial charge in [-0.15, -0.1) is 0 Å². The number of nitrogens with one attached hydrogen (secondary N) is 1. The number of imidazole rings is 1. The van der Waals surface area contributed by atoms with Gasteiger partial charge in [-0.25, -0.2) is 4.98 Å². The number of hydrogen-bond donors (Lipinski definition) is 4. The zero-order valence-corrected chi connectivity index (χ0v) is 47.9. The number of fused-ring (bicyclic) bond motifs is 1. The Labute approximate surface area is 448 Å². The van der Waals surface area contributed by atoms with E-state index >= 15 is 0 Å². The number of hydrogen-bond acceptors (Lipinski definition) is 7. The predicted octanol–water partition coefficient (Wildman–Crippen LogP) is 18.4. The predicted molar refractivity (Wildman–Crippen MR) is 313 cm³/mol. The molecule has 0 aromatic carbocycles. The number of aliphatic hydroxyl groups is 2. The molecule has 3 heterocycles. The molecular weight excluding hydrogens is 903 g/mol. The smallest absolute Gasteiger partial charge is 0.280 e. The molecule has 0 saturated carbocycles. The van der Waals surface area contributed by atoms with Gasteiger partial charge in [0.2, 0.25) is 5.95 Å². The summed E-state index contributed by atoms with van der Waals surface area (Å²) in [5.41, 5.74) is 4.72. The number of nitrogens with zero attached hydrogens (tertiary/aromatic N) is 3. The summed E-state index contributed by atoms with van der Waals surface area (Å²) in [5, 5.41) is 23.6. The highest BCUT2D eigenvalue weighted by molar-refractivity contribution is 5.71. The zero-order chi connectivity index (χ0) is 52.3. The number of unbranched alkanes of at least 4 members (excludes halogenated alkanes) is 36. The van der Waals surface area contributed by atoms with E-state index in [1.54, 1.807) is 6.33 Å². The van der Waals surface area contributed by atoms with Gasteiger partial charge in [0.05, 0.1) is 19.0 Å². The zero-order valence-electron chi connectivity index (χ0n) is 47.9. The minimum atomic E-state index is -1.05. The van der Waals surface area contributed by atoms with Crippen LogP contribution in [0.4, 0.5) is 5.95 Å². The van der Waals surface area contributed by atoms with E-state index in [0.29, 0.717) is 12.1 Å². The van der Waals surface area contributed by atoms with E-state index in [9.17, 15) is 15.0 Å². The number of rotatable bonds is 50. The van der Waals surface area contributed by atoms with Gasteiger partial charge in [-0.05, 0) is 103 Å². The summed E-state index contributed by atoms with van der Waals surface area (Å²) in [6, 6.07) is 0. The third-order valence-electron chi connectivity index (χ3n) is 16.3. The van der Waals surface area contributed by atoms with Gasteiger partial charge in [0, 0.05) is 5.41 Å². The molecule has 0 amide bonds. The molecule has 0 radical (unpaired) electrons. The van der Waals surface area contributed by atoms with E-state index < -0.39 is 23.3 Å². The first-order valence-electron chi connectivity index (χ1n) is 31.6. The molecule has 3 atom stereocenters. The Morgan fingerprint density at radius 1 is 0.534 bits per heavy atom. The Bertz CT molecular complexity index is 1710. The fraction of sp³-hybridized carbons (Fsp3) is 0.828. The SMILES string of the molecule is CCCCCCCCC=CCCCCCCCCC1(CCCCCCCCC=CCCCCCCCC)[C@H](O)[C@@H](CO)O[C@@]1(CCCCCCCCC=CCCCCCCCC)n1cnc2c(=O)[nH]c(N)nc21.